The number of nitrogens with zero attached hydrogens (tertiary/aromatic N) is 3. The van der Waals surface area contributed by atoms with Crippen LogP contribution in [0.5, 0.6) is 0 Å². The number of amides is 1. The molecule has 8 heteroatoms. The van der Waals surface area contributed by atoms with Gasteiger partial charge in [0.15, 0.2) is 0 Å². The topological polar surface area (TPSA) is 104 Å². The van der Waals surface area contributed by atoms with Crippen molar-refractivity contribution in [2.45, 2.75) is 12.8 Å². The zero-order valence-electron chi connectivity index (χ0n) is 12.0. The van der Waals surface area contributed by atoms with Gasteiger partial charge in [0.1, 0.15) is 0 Å². The van der Waals surface area contributed by atoms with E-state index < -0.39 is 10.9 Å². The first-order valence-corrected chi connectivity index (χ1v) is 6.96. The number of anilines is 1. The van der Waals surface area contributed by atoms with Crippen molar-refractivity contribution in [1.82, 2.24) is 4.90 Å². The molecule has 1 fully saturated rings. The van der Waals surface area contributed by atoms with E-state index in [1.807, 2.05) is 4.90 Å². The Kier molecular flexibility index (Phi) is 4.92. The highest BCUT2D eigenvalue weighted by atomic mass is 16.6. The van der Waals surface area contributed by atoms with E-state index in [1.54, 1.807) is 17.0 Å². The molecule has 0 unspecified atom stereocenters. The highest BCUT2D eigenvalue weighted by Crippen LogP contribution is 2.20. The van der Waals surface area contributed by atoms with Crippen molar-refractivity contribution in [3.63, 3.8) is 0 Å². The Morgan fingerprint density at radius 1 is 1.09 bits per heavy atom. The molecule has 1 aromatic rings. The summed E-state index contributed by atoms with van der Waals surface area (Å²) in [5.74, 6) is -1.12. The van der Waals surface area contributed by atoms with Crippen LogP contribution in [0.1, 0.15) is 12.8 Å². The summed E-state index contributed by atoms with van der Waals surface area (Å²) in [6.07, 6.45) is -0.131. The van der Waals surface area contributed by atoms with Crippen molar-refractivity contribution in [2.24, 2.45) is 0 Å². The van der Waals surface area contributed by atoms with Gasteiger partial charge in [-0.15, -0.1) is 0 Å². The minimum atomic E-state index is -0.974. The Morgan fingerprint density at radius 3 is 2.18 bits per heavy atom. The average molecular weight is 307 g/mol. The van der Waals surface area contributed by atoms with Gasteiger partial charge in [-0.25, -0.2) is 0 Å². The van der Waals surface area contributed by atoms with Crippen molar-refractivity contribution in [1.29, 1.82) is 0 Å². The fourth-order valence-electron chi connectivity index (χ4n) is 2.37. The lowest BCUT2D eigenvalue weighted by Crippen LogP contribution is -2.48. The number of carboxylic acids is 1. The molecule has 0 aromatic heterocycles. The number of carbonyl (C=O) groups excluding carboxylic acids is 1. The molecule has 1 aliphatic heterocycles. The lowest BCUT2D eigenvalue weighted by molar-refractivity contribution is -0.384. The molecule has 2 rings (SSSR count). The molecule has 0 saturated carbocycles. The van der Waals surface area contributed by atoms with Crippen LogP contribution in [0.15, 0.2) is 24.3 Å². The lowest BCUT2D eigenvalue weighted by Gasteiger charge is -2.36. The normalized spacial score (nSPS) is 14.7. The number of nitro benzene ring substituents is 1. The molecule has 0 spiro atoms. The predicted octanol–water partition coefficient (Wildman–Crippen LogP) is 1.11. The number of piperazine rings is 1. The van der Waals surface area contributed by atoms with Crippen LogP contribution >= 0.6 is 0 Å². The Morgan fingerprint density at radius 2 is 1.68 bits per heavy atom. The lowest BCUT2D eigenvalue weighted by atomic mass is 10.2. The Hall–Kier alpha value is -2.64. The number of aliphatic carboxylic acids is 1. The van der Waals surface area contributed by atoms with Crippen LogP contribution in [0.2, 0.25) is 0 Å². The zero-order chi connectivity index (χ0) is 16.1. The summed E-state index contributed by atoms with van der Waals surface area (Å²) in [6.45, 7) is 2.29. The highest BCUT2D eigenvalue weighted by molar-refractivity contribution is 5.81. The van der Waals surface area contributed by atoms with Crippen molar-refractivity contribution in [2.75, 3.05) is 31.1 Å². The molecule has 0 bridgehead atoms. The number of hydrogen-bond acceptors (Lipinski definition) is 5. The number of rotatable bonds is 5. The van der Waals surface area contributed by atoms with Gasteiger partial charge in [0, 0.05) is 50.4 Å². The summed E-state index contributed by atoms with van der Waals surface area (Å²) in [6, 6.07) is 6.31. The third-order valence-electron chi connectivity index (χ3n) is 3.61. The first-order valence-electron chi connectivity index (χ1n) is 6.96. The van der Waals surface area contributed by atoms with Crippen molar-refractivity contribution < 1.29 is 19.6 Å². The van der Waals surface area contributed by atoms with Crippen LogP contribution in [0.4, 0.5) is 11.4 Å². The maximum absolute atomic E-state index is 11.8. The Balaban J connectivity index is 1.87. The molecule has 0 atom stereocenters. The van der Waals surface area contributed by atoms with E-state index in [0.29, 0.717) is 26.2 Å². The standard InChI is InChI=1S/C14H17N3O5/c18-13(5-6-14(19)20)16-9-7-15(8-10-16)11-1-3-12(4-2-11)17(21)22/h1-4H,5-10H2,(H,19,20). The smallest absolute Gasteiger partial charge is 0.303 e. The van der Waals surface area contributed by atoms with E-state index in [2.05, 4.69) is 0 Å². The largest absolute Gasteiger partial charge is 0.481 e. The van der Waals surface area contributed by atoms with Gasteiger partial charge in [-0.3, -0.25) is 19.7 Å². The molecule has 1 amide bonds. The van der Waals surface area contributed by atoms with Gasteiger partial charge >= 0.3 is 5.97 Å². The third kappa shape index (κ3) is 3.94. The number of non-ortho nitro benzene ring substituents is 1. The average Bonchev–Trinajstić information content (AvgIpc) is 2.53. The van der Waals surface area contributed by atoms with Gasteiger partial charge in [-0.05, 0) is 12.1 Å². The van der Waals surface area contributed by atoms with E-state index in [9.17, 15) is 19.7 Å². The Bertz CT molecular complexity index is 564. The number of carboxylic acid groups (broad SMARTS) is 1. The summed E-state index contributed by atoms with van der Waals surface area (Å²) in [4.78, 5) is 36.2. The van der Waals surface area contributed by atoms with Gasteiger partial charge < -0.3 is 14.9 Å². The van der Waals surface area contributed by atoms with Crippen molar-refractivity contribution in [3.05, 3.63) is 34.4 Å². The SMILES string of the molecule is O=C(O)CCC(=O)N1CCN(c2ccc([N+](=O)[O-])cc2)CC1. The summed E-state index contributed by atoms with van der Waals surface area (Å²) in [5.41, 5.74) is 0.925. The highest BCUT2D eigenvalue weighted by Gasteiger charge is 2.21. The van der Waals surface area contributed by atoms with Crippen LogP contribution in [-0.2, 0) is 9.59 Å². The fourth-order valence-corrected chi connectivity index (χ4v) is 2.37. The fraction of sp³-hybridized carbons (Fsp3) is 0.429. The molecule has 1 aliphatic rings. The van der Waals surface area contributed by atoms with Crippen molar-refractivity contribution in [3.8, 4) is 0 Å². The van der Waals surface area contributed by atoms with E-state index in [1.165, 1.54) is 12.1 Å². The van der Waals surface area contributed by atoms with Crippen LogP contribution < -0.4 is 4.90 Å². The third-order valence-corrected chi connectivity index (χ3v) is 3.61. The molecule has 22 heavy (non-hydrogen) atoms. The Labute approximate surface area is 127 Å². The van der Waals surface area contributed by atoms with Gasteiger partial charge in [-0.2, -0.15) is 0 Å². The van der Waals surface area contributed by atoms with Crippen LogP contribution in [0, 0.1) is 10.1 Å². The maximum atomic E-state index is 11.8. The minimum Gasteiger partial charge on any atom is -0.481 e. The second-order valence-electron chi connectivity index (χ2n) is 5.04. The molecule has 1 heterocycles. The quantitative estimate of drug-likeness (QED) is 0.645. The first kappa shape index (κ1) is 15.7. The minimum absolute atomic E-state index is 0.0207. The molecule has 8 nitrogen and oxygen atoms in total. The van der Waals surface area contributed by atoms with Crippen LogP contribution in [-0.4, -0.2) is 53.0 Å². The molecule has 0 aliphatic carbocycles. The zero-order valence-corrected chi connectivity index (χ0v) is 12.0. The second-order valence-corrected chi connectivity index (χ2v) is 5.04. The molecule has 0 radical (unpaired) electrons. The van der Waals surface area contributed by atoms with E-state index >= 15 is 0 Å². The molecule has 1 saturated heterocycles. The summed E-state index contributed by atoms with van der Waals surface area (Å²) < 4.78 is 0. The molecule has 1 N–H and O–H groups in total. The number of hydrogen-bond donors (Lipinski definition) is 1. The number of nitro groups is 1. The van der Waals surface area contributed by atoms with Gasteiger partial charge in [-0.1, -0.05) is 0 Å². The summed E-state index contributed by atoms with van der Waals surface area (Å²) >= 11 is 0. The number of carbonyl (C=O) groups is 2. The summed E-state index contributed by atoms with van der Waals surface area (Å²) in [7, 11) is 0. The second kappa shape index (κ2) is 6.88. The molecule has 1 aromatic carbocycles. The van der Waals surface area contributed by atoms with Crippen molar-refractivity contribution >= 4 is 23.3 Å². The monoisotopic (exact) mass is 307 g/mol. The summed E-state index contributed by atoms with van der Waals surface area (Å²) in [5, 5.41) is 19.2. The van der Waals surface area contributed by atoms with Crippen LogP contribution in [0.3, 0.4) is 0 Å². The van der Waals surface area contributed by atoms with E-state index in [-0.39, 0.29) is 24.4 Å². The van der Waals surface area contributed by atoms with Crippen LogP contribution in [0.25, 0.3) is 0 Å². The van der Waals surface area contributed by atoms with Gasteiger partial charge in [0.2, 0.25) is 5.91 Å². The first-order chi connectivity index (χ1) is 10.5. The molecule has 118 valence electrons. The van der Waals surface area contributed by atoms with Gasteiger partial charge in [0.05, 0.1) is 11.3 Å². The predicted molar refractivity (Wildman–Crippen MR) is 78.8 cm³/mol. The number of benzene rings is 1. The molecular weight excluding hydrogens is 290 g/mol. The maximum Gasteiger partial charge on any atom is 0.303 e. The molecular formula is C14H17N3O5. The van der Waals surface area contributed by atoms with Gasteiger partial charge in [0.25, 0.3) is 5.69 Å². The van der Waals surface area contributed by atoms with E-state index in [4.69, 9.17) is 5.11 Å². The van der Waals surface area contributed by atoms with E-state index in [0.717, 1.165) is 5.69 Å².